The predicted molar refractivity (Wildman–Crippen MR) is 65.9 cm³/mol. The molecule has 19 heavy (non-hydrogen) atoms. The van der Waals surface area contributed by atoms with E-state index in [1.807, 2.05) is 19.1 Å². The van der Waals surface area contributed by atoms with E-state index in [4.69, 9.17) is 5.26 Å². The summed E-state index contributed by atoms with van der Waals surface area (Å²) in [5.41, 5.74) is 2.11. The van der Waals surface area contributed by atoms with E-state index in [-0.39, 0.29) is 6.61 Å². The molecule has 0 aliphatic heterocycles. The molecule has 0 atom stereocenters. The van der Waals surface area contributed by atoms with E-state index >= 15 is 0 Å². The number of ether oxygens (including phenoxy) is 1. The number of rotatable bonds is 6. The van der Waals surface area contributed by atoms with E-state index in [1.54, 1.807) is 6.07 Å². The highest BCUT2D eigenvalue weighted by atomic mass is 19.4. The van der Waals surface area contributed by atoms with Crippen LogP contribution in [0.25, 0.3) is 0 Å². The van der Waals surface area contributed by atoms with Crippen LogP contribution in [0, 0.1) is 18.3 Å². The number of nitriles is 1. The predicted octanol–water partition coefficient (Wildman–Crippen LogP) is 3.25. The number of hydrogen-bond donors (Lipinski definition) is 1. The first-order valence-corrected chi connectivity index (χ1v) is 5.82. The molecule has 1 aromatic rings. The number of nitrogens with one attached hydrogen (secondary N) is 1. The summed E-state index contributed by atoms with van der Waals surface area (Å²) in [4.78, 5) is 0. The average Bonchev–Trinajstić information content (AvgIpc) is 2.32. The van der Waals surface area contributed by atoms with Crippen LogP contribution in [-0.2, 0) is 4.74 Å². The van der Waals surface area contributed by atoms with Crippen molar-refractivity contribution < 1.29 is 17.9 Å². The quantitative estimate of drug-likeness (QED) is 0.808. The number of hydrogen-bond acceptors (Lipinski definition) is 3. The molecule has 0 saturated heterocycles. The Labute approximate surface area is 110 Å². The molecular weight excluding hydrogens is 257 g/mol. The molecule has 0 aromatic heterocycles. The van der Waals surface area contributed by atoms with Gasteiger partial charge in [0.1, 0.15) is 12.7 Å². The van der Waals surface area contributed by atoms with E-state index in [9.17, 15) is 13.2 Å². The Morgan fingerprint density at radius 2 is 2.11 bits per heavy atom. The highest BCUT2D eigenvalue weighted by Crippen LogP contribution is 2.18. The summed E-state index contributed by atoms with van der Waals surface area (Å²) in [6.45, 7) is 1.09. The number of aryl methyl sites for hydroxylation is 1. The van der Waals surface area contributed by atoms with Gasteiger partial charge in [-0.25, -0.2) is 0 Å². The maximum absolute atomic E-state index is 11.8. The number of anilines is 1. The Morgan fingerprint density at radius 1 is 1.37 bits per heavy atom. The standard InChI is InChI=1S/C13H15F3N2O/c1-10-4-2-5-12(11(10)8-17)18-6-3-7-19-9-13(14,15)16/h2,4-5,18H,3,6-7,9H2,1H3. The Bertz CT molecular complexity index is 452. The van der Waals surface area contributed by atoms with Crippen LogP contribution in [0.2, 0.25) is 0 Å². The van der Waals surface area contributed by atoms with Crippen molar-refractivity contribution in [2.45, 2.75) is 19.5 Å². The van der Waals surface area contributed by atoms with Gasteiger partial charge in [-0.3, -0.25) is 0 Å². The minimum atomic E-state index is -4.28. The summed E-state index contributed by atoms with van der Waals surface area (Å²) in [5, 5.41) is 12.0. The third-order valence-corrected chi connectivity index (χ3v) is 2.43. The largest absolute Gasteiger partial charge is 0.411 e. The fraction of sp³-hybridized carbons (Fsp3) is 0.462. The van der Waals surface area contributed by atoms with Gasteiger partial charge in [0.25, 0.3) is 0 Å². The van der Waals surface area contributed by atoms with Crippen molar-refractivity contribution in [3.05, 3.63) is 29.3 Å². The lowest BCUT2D eigenvalue weighted by Crippen LogP contribution is -2.18. The molecule has 0 amide bonds. The lowest BCUT2D eigenvalue weighted by atomic mass is 10.1. The van der Waals surface area contributed by atoms with Crippen molar-refractivity contribution in [2.75, 3.05) is 25.1 Å². The molecule has 0 spiro atoms. The van der Waals surface area contributed by atoms with Gasteiger partial charge in [0.05, 0.1) is 11.3 Å². The zero-order valence-electron chi connectivity index (χ0n) is 10.5. The lowest BCUT2D eigenvalue weighted by Gasteiger charge is -2.10. The van der Waals surface area contributed by atoms with Crippen LogP contribution in [0.4, 0.5) is 18.9 Å². The first-order chi connectivity index (χ1) is 8.94. The van der Waals surface area contributed by atoms with Gasteiger partial charge >= 0.3 is 6.18 Å². The molecule has 0 bridgehead atoms. The molecule has 0 fully saturated rings. The van der Waals surface area contributed by atoms with Gasteiger partial charge in [-0.1, -0.05) is 12.1 Å². The van der Waals surface area contributed by atoms with Crippen molar-refractivity contribution in [1.82, 2.24) is 0 Å². The molecule has 1 rings (SSSR count). The summed E-state index contributed by atoms with van der Waals surface area (Å²) in [5.74, 6) is 0. The zero-order chi connectivity index (χ0) is 14.3. The first-order valence-electron chi connectivity index (χ1n) is 5.82. The van der Waals surface area contributed by atoms with Crippen LogP contribution in [-0.4, -0.2) is 25.9 Å². The molecule has 0 radical (unpaired) electrons. The minimum absolute atomic E-state index is 0.0280. The van der Waals surface area contributed by atoms with Crippen LogP contribution in [0.15, 0.2) is 18.2 Å². The average molecular weight is 272 g/mol. The fourth-order valence-corrected chi connectivity index (χ4v) is 1.55. The number of alkyl halides is 3. The van der Waals surface area contributed by atoms with Crippen molar-refractivity contribution in [3.8, 4) is 6.07 Å². The summed E-state index contributed by atoms with van der Waals surface area (Å²) in [6.07, 6.45) is -3.84. The molecule has 1 aromatic carbocycles. The maximum Gasteiger partial charge on any atom is 0.411 e. The second-order valence-corrected chi connectivity index (χ2v) is 4.06. The van der Waals surface area contributed by atoms with Gasteiger partial charge in [-0.15, -0.1) is 0 Å². The molecule has 3 nitrogen and oxygen atoms in total. The Hall–Kier alpha value is -1.74. The van der Waals surface area contributed by atoms with Gasteiger partial charge in [0.15, 0.2) is 0 Å². The third kappa shape index (κ3) is 5.62. The highest BCUT2D eigenvalue weighted by molar-refractivity contribution is 5.60. The molecule has 0 saturated carbocycles. The monoisotopic (exact) mass is 272 g/mol. The van der Waals surface area contributed by atoms with E-state index < -0.39 is 12.8 Å². The molecule has 0 unspecified atom stereocenters. The van der Waals surface area contributed by atoms with Crippen molar-refractivity contribution in [2.24, 2.45) is 0 Å². The molecule has 0 aliphatic rings. The normalized spacial score (nSPS) is 11.1. The number of halogens is 3. The molecule has 0 aliphatic carbocycles. The van der Waals surface area contributed by atoms with E-state index in [1.165, 1.54) is 0 Å². The van der Waals surface area contributed by atoms with Crippen LogP contribution in [0.5, 0.6) is 0 Å². The fourth-order valence-electron chi connectivity index (χ4n) is 1.55. The summed E-state index contributed by atoms with van der Waals surface area (Å²) < 4.78 is 39.9. The Balaban J connectivity index is 2.31. The highest BCUT2D eigenvalue weighted by Gasteiger charge is 2.27. The van der Waals surface area contributed by atoms with Gasteiger partial charge in [0, 0.05) is 13.2 Å². The summed E-state index contributed by atoms with van der Waals surface area (Å²) in [6, 6.07) is 7.51. The van der Waals surface area contributed by atoms with Crippen LogP contribution in [0.3, 0.4) is 0 Å². The minimum Gasteiger partial charge on any atom is -0.384 e. The van der Waals surface area contributed by atoms with Crippen molar-refractivity contribution in [3.63, 3.8) is 0 Å². The first kappa shape index (κ1) is 15.3. The number of benzene rings is 1. The molecular formula is C13H15F3N2O. The Morgan fingerprint density at radius 3 is 2.74 bits per heavy atom. The van der Waals surface area contributed by atoms with Crippen LogP contribution >= 0.6 is 0 Å². The third-order valence-electron chi connectivity index (χ3n) is 2.43. The van der Waals surface area contributed by atoms with Crippen LogP contribution < -0.4 is 5.32 Å². The van der Waals surface area contributed by atoms with Gasteiger partial charge < -0.3 is 10.1 Å². The molecule has 104 valence electrons. The van der Waals surface area contributed by atoms with E-state index in [0.717, 1.165) is 5.56 Å². The van der Waals surface area contributed by atoms with Gasteiger partial charge in [-0.05, 0) is 25.0 Å². The zero-order valence-corrected chi connectivity index (χ0v) is 10.5. The smallest absolute Gasteiger partial charge is 0.384 e. The SMILES string of the molecule is Cc1cccc(NCCCOCC(F)(F)F)c1C#N. The summed E-state index contributed by atoms with van der Waals surface area (Å²) in [7, 11) is 0. The molecule has 1 N–H and O–H groups in total. The van der Waals surface area contributed by atoms with Crippen molar-refractivity contribution in [1.29, 1.82) is 5.26 Å². The van der Waals surface area contributed by atoms with E-state index in [0.29, 0.717) is 24.2 Å². The summed E-state index contributed by atoms with van der Waals surface area (Å²) >= 11 is 0. The van der Waals surface area contributed by atoms with E-state index in [2.05, 4.69) is 16.1 Å². The Kier molecular flexibility index (Phi) is 5.64. The van der Waals surface area contributed by atoms with Gasteiger partial charge in [0.2, 0.25) is 0 Å². The lowest BCUT2D eigenvalue weighted by molar-refractivity contribution is -0.173. The maximum atomic E-state index is 11.8. The van der Waals surface area contributed by atoms with Crippen molar-refractivity contribution >= 4 is 5.69 Å². The molecule has 0 heterocycles. The second-order valence-electron chi connectivity index (χ2n) is 4.06. The molecule has 6 heteroatoms. The topological polar surface area (TPSA) is 45.0 Å². The van der Waals surface area contributed by atoms with Crippen LogP contribution in [0.1, 0.15) is 17.5 Å². The number of nitrogens with zero attached hydrogens (tertiary/aromatic N) is 1. The van der Waals surface area contributed by atoms with Gasteiger partial charge in [-0.2, -0.15) is 18.4 Å². The second kappa shape index (κ2) is 7.00.